The van der Waals surface area contributed by atoms with Gasteiger partial charge in [-0.2, -0.15) is 0 Å². The Kier molecular flexibility index (Phi) is 5.65. The van der Waals surface area contributed by atoms with Crippen molar-refractivity contribution in [2.24, 2.45) is 0 Å². The van der Waals surface area contributed by atoms with Gasteiger partial charge in [0.2, 0.25) is 0 Å². The summed E-state index contributed by atoms with van der Waals surface area (Å²) >= 11 is 0. The number of hydrogen-bond acceptors (Lipinski definition) is 3. The molecule has 1 atom stereocenters. The van der Waals surface area contributed by atoms with Crippen LogP contribution in [0.1, 0.15) is 18.1 Å². The molecule has 0 aromatic heterocycles. The van der Waals surface area contributed by atoms with E-state index in [2.05, 4.69) is 10.6 Å². The average Bonchev–Trinajstić information content (AvgIpc) is 2.36. The first-order chi connectivity index (χ1) is 8.52. The van der Waals surface area contributed by atoms with E-state index in [1.807, 2.05) is 46.0 Å². The summed E-state index contributed by atoms with van der Waals surface area (Å²) < 4.78 is 5.51. The van der Waals surface area contributed by atoms with E-state index >= 15 is 0 Å². The maximum Gasteiger partial charge on any atom is 0.257 e. The van der Waals surface area contributed by atoms with E-state index in [-0.39, 0.29) is 18.6 Å². The molecular weight excluding hydrogens is 228 g/mol. The van der Waals surface area contributed by atoms with Gasteiger partial charge in [0.25, 0.3) is 5.91 Å². The quantitative estimate of drug-likeness (QED) is 0.802. The van der Waals surface area contributed by atoms with Gasteiger partial charge >= 0.3 is 0 Å². The molecule has 0 saturated carbocycles. The van der Waals surface area contributed by atoms with Crippen molar-refractivity contribution in [1.29, 1.82) is 0 Å². The van der Waals surface area contributed by atoms with Crippen LogP contribution < -0.4 is 15.4 Å². The first-order valence-electron chi connectivity index (χ1n) is 6.17. The molecule has 18 heavy (non-hydrogen) atoms. The zero-order chi connectivity index (χ0) is 13.5. The highest BCUT2D eigenvalue weighted by molar-refractivity contribution is 5.77. The minimum atomic E-state index is -0.0991. The van der Waals surface area contributed by atoms with Crippen LogP contribution in [0.2, 0.25) is 0 Å². The van der Waals surface area contributed by atoms with Gasteiger partial charge in [0.15, 0.2) is 6.61 Å². The standard InChI is InChI=1S/C14H22N2O2/c1-10-5-6-11(2)13(7-10)18-9-14(17)16-8-12(3)15-4/h5-7,12,15H,8-9H2,1-4H3,(H,16,17). The fraction of sp³-hybridized carbons (Fsp3) is 0.500. The first kappa shape index (κ1) is 14.5. The monoisotopic (exact) mass is 250 g/mol. The fourth-order valence-corrected chi connectivity index (χ4v) is 1.43. The molecule has 0 radical (unpaired) electrons. The number of benzene rings is 1. The van der Waals surface area contributed by atoms with E-state index < -0.39 is 0 Å². The fourth-order valence-electron chi connectivity index (χ4n) is 1.43. The van der Waals surface area contributed by atoms with Crippen LogP contribution in [0, 0.1) is 13.8 Å². The summed E-state index contributed by atoms with van der Waals surface area (Å²) in [7, 11) is 1.86. The number of hydrogen-bond donors (Lipinski definition) is 2. The first-order valence-corrected chi connectivity index (χ1v) is 6.17. The molecule has 0 bridgehead atoms. The summed E-state index contributed by atoms with van der Waals surface area (Å²) in [5.41, 5.74) is 2.16. The van der Waals surface area contributed by atoms with E-state index in [0.29, 0.717) is 6.54 Å². The second kappa shape index (κ2) is 7.01. The van der Waals surface area contributed by atoms with Crippen molar-refractivity contribution < 1.29 is 9.53 Å². The van der Waals surface area contributed by atoms with Gasteiger partial charge in [-0.05, 0) is 45.0 Å². The molecule has 100 valence electrons. The topological polar surface area (TPSA) is 50.4 Å². The molecule has 1 unspecified atom stereocenters. The van der Waals surface area contributed by atoms with Crippen molar-refractivity contribution in [2.75, 3.05) is 20.2 Å². The van der Waals surface area contributed by atoms with Gasteiger partial charge < -0.3 is 15.4 Å². The molecule has 0 fully saturated rings. The number of carbonyl (C=O) groups excluding carboxylic acids is 1. The van der Waals surface area contributed by atoms with Crippen molar-refractivity contribution in [1.82, 2.24) is 10.6 Å². The Balaban J connectivity index is 2.40. The van der Waals surface area contributed by atoms with Crippen LogP contribution in [-0.2, 0) is 4.79 Å². The van der Waals surface area contributed by atoms with E-state index in [0.717, 1.165) is 16.9 Å². The second-order valence-electron chi connectivity index (χ2n) is 4.55. The molecule has 0 heterocycles. The predicted octanol–water partition coefficient (Wildman–Crippen LogP) is 1.41. The summed E-state index contributed by atoms with van der Waals surface area (Å²) in [6.45, 7) is 6.63. The van der Waals surface area contributed by atoms with Gasteiger partial charge in [0.05, 0.1) is 0 Å². The Morgan fingerprint density at radius 3 is 2.78 bits per heavy atom. The van der Waals surface area contributed by atoms with Crippen molar-refractivity contribution in [3.63, 3.8) is 0 Å². The average molecular weight is 250 g/mol. The Labute approximate surface area is 109 Å². The lowest BCUT2D eigenvalue weighted by Crippen LogP contribution is -2.39. The van der Waals surface area contributed by atoms with Crippen LogP contribution >= 0.6 is 0 Å². The molecule has 2 N–H and O–H groups in total. The Bertz CT molecular complexity index is 405. The molecule has 0 aliphatic rings. The minimum absolute atomic E-state index is 0.0563. The molecule has 4 heteroatoms. The van der Waals surface area contributed by atoms with Gasteiger partial charge in [0.1, 0.15) is 5.75 Å². The summed E-state index contributed by atoms with van der Waals surface area (Å²) in [4.78, 5) is 11.6. The normalized spacial score (nSPS) is 12.0. The maximum atomic E-state index is 11.6. The van der Waals surface area contributed by atoms with Crippen molar-refractivity contribution in [2.45, 2.75) is 26.8 Å². The molecule has 0 spiro atoms. The van der Waals surface area contributed by atoms with E-state index in [9.17, 15) is 4.79 Å². The van der Waals surface area contributed by atoms with Crippen LogP contribution in [0.3, 0.4) is 0 Å². The van der Waals surface area contributed by atoms with Crippen molar-refractivity contribution >= 4 is 5.91 Å². The zero-order valence-corrected chi connectivity index (χ0v) is 11.5. The molecule has 1 rings (SSSR count). The molecule has 1 amide bonds. The summed E-state index contributed by atoms with van der Waals surface area (Å²) in [5.74, 6) is 0.671. The zero-order valence-electron chi connectivity index (χ0n) is 11.5. The smallest absolute Gasteiger partial charge is 0.257 e. The minimum Gasteiger partial charge on any atom is -0.483 e. The SMILES string of the molecule is CNC(C)CNC(=O)COc1cc(C)ccc1C. The van der Waals surface area contributed by atoms with Crippen LogP contribution in [0.4, 0.5) is 0 Å². The van der Waals surface area contributed by atoms with Crippen LogP contribution in [0.15, 0.2) is 18.2 Å². The Hall–Kier alpha value is -1.55. The van der Waals surface area contributed by atoms with Crippen LogP contribution in [0.25, 0.3) is 0 Å². The van der Waals surface area contributed by atoms with E-state index in [1.54, 1.807) is 0 Å². The lowest BCUT2D eigenvalue weighted by molar-refractivity contribution is -0.123. The maximum absolute atomic E-state index is 11.6. The van der Waals surface area contributed by atoms with Gasteiger partial charge in [0, 0.05) is 12.6 Å². The summed E-state index contributed by atoms with van der Waals surface area (Å²) in [6, 6.07) is 6.22. The lowest BCUT2D eigenvalue weighted by atomic mass is 10.1. The van der Waals surface area contributed by atoms with E-state index in [4.69, 9.17) is 4.74 Å². The van der Waals surface area contributed by atoms with Crippen molar-refractivity contribution in [3.05, 3.63) is 29.3 Å². The number of nitrogens with one attached hydrogen (secondary N) is 2. The Morgan fingerprint density at radius 1 is 1.39 bits per heavy atom. The third-order valence-corrected chi connectivity index (χ3v) is 2.80. The van der Waals surface area contributed by atoms with E-state index in [1.165, 1.54) is 0 Å². The predicted molar refractivity (Wildman–Crippen MR) is 72.9 cm³/mol. The largest absolute Gasteiger partial charge is 0.483 e. The second-order valence-corrected chi connectivity index (χ2v) is 4.55. The number of aryl methyl sites for hydroxylation is 2. The van der Waals surface area contributed by atoms with Gasteiger partial charge in [-0.15, -0.1) is 0 Å². The molecule has 0 aliphatic heterocycles. The van der Waals surface area contributed by atoms with Gasteiger partial charge in [-0.1, -0.05) is 12.1 Å². The number of carbonyl (C=O) groups is 1. The van der Waals surface area contributed by atoms with Crippen LogP contribution in [0.5, 0.6) is 5.75 Å². The molecule has 0 saturated heterocycles. The number of likely N-dealkylation sites (N-methyl/N-ethyl adjacent to an activating group) is 1. The Morgan fingerprint density at radius 2 is 2.11 bits per heavy atom. The molecule has 1 aromatic rings. The lowest BCUT2D eigenvalue weighted by Gasteiger charge is -2.13. The molecule has 1 aromatic carbocycles. The van der Waals surface area contributed by atoms with Gasteiger partial charge in [-0.3, -0.25) is 4.79 Å². The summed E-state index contributed by atoms with van der Waals surface area (Å²) in [6.07, 6.45) is 0. The number of rotatable bonds is 6. The number of ether oxygens (including phenoxy) is 1. The highest BCUT2D eigenvalue weighted by Crippen LogP contribution is 2.18. The summed E-state index contributed by atoms with van der Waals surface area (Å²) in [5, 5.41) is 5.87. The number of amides is 1. The highest BCUT2D eigenvalue weighted by Gasteiger charge is 2.06. The molecular formula is C14H22N2O2. The highest BCUT2D eigenvalue weighted by atomic mass is 16.5. The molecule has 0 aliphatic carbocycles. The van der Waals surface area contributed by atoms with Crippen molar-refractivity contribution in [3.8, 4) is 5.75 Å². The molecule has 4 nitrogen and oxygen atoms in total. The third kappa shape index (κ3) is 4.75. The van der Waals surface area contributed by atoms with Crippen LogP contribution in [-0.4, -0.2) is 32.1 Å². The third-order valence-electron chi connectivity index (χ3n) is 2.80. The van der Waals surface area contributed by atoms with Gasteiger partial charge in [-0.25, -0.2) is 0 Å².